The molecule has 0 saturated heterocycles. The predicted molar refractivity (Wildman–Crippen MR) is 102 cm³/mol. The van der Waals surface area contributed by atoms with Crippen LogP contribution in [0.1, 0.15) is 31.9 Å². The molecule has 6 nitrogen and oxygen atoms in total. The molecule has 7 heteroatoms. The van der Waals surface area contributed by atoms with Gasteiger partial charge in [0.2, 0.25) is 0 Å². The molecule has 136 valence electrons. The summed E-state index contributed by atoms with van der Waals surface area (Å²) in [5.74, 6) is 0.615. The molecule has 0 unspecified atom stereocenters. The van der Waals surface area contributed by atoms with Gasteiger partial charge in [-0.05, 0) is 47.7 Å². The van der Waals surface area contributed by atoms with Gasteiger partial charge in [0.15, 0.2) is 5.82 Å². The maximum atomic E-state index is 12.9. The predicted octanol–water partition coefficient (Wildman–Crippen LogP) is 3.67. The summed E-state index contributed by atoms with van der Waals surface area (Å²) in [5.41, 5.74) is 1.94. The van der Waals surface area contributed by atoms with Gasteiger partial charge in [0.1, 0.15) is 0 Å². The van der Waals surface area contributed by atoms with Gasteiger partial charge in [-0.2, -0.15) is 5.10 Å². The van der Waals surface area contributed by atoms with Gasteiger partial charge < -0.3 is 0 Å². The van der Waals surface area contributed by atoms with Gasteiger partial charge in [-0.25, -0.2) is 18.1 Å². The van der Waals surface area contributed by atoms with Crippen LogP contribution in [0.5, 0.6) is 0 Å². The molecule has 2 heterocycles. The van der Waals surface area contributed by atoms with E-state index < -0.39 is 10.0 Å². The number of aryl methyl sites for hydroxylation is 1. The summed E-state index contributed by atoms with van der Waals surface area (Å²) in [6.45, 7) is 7.96. The number of rotatable bonds is 4. The minimum atomic E-state index is -3.71. The van der Waals surface area contributed by atoms with Crippen LogP contribution in [-0.2, 0) is 15.4 Å². The fraction of sp³-hybridized carbons (Fsp3) is 0.263. The van der Waals surface area contributed by atoms with Crippen molar-refractivity contribution in [3.05, 3.63) is 66.1 Å². The number of hydrogen-bond donors (Lipinski definition) is 1. The third-order valence-electron chi connectivity index (χ3n) is 4.08. The zero-order chi connectivity index (χ0) is 18.9. The van der Waals surface area contributed by atoms with E-state index >= 15 is 0 Å². The molecule has 0 atom stereocenters. The highest BCUT2D eigenvalue weighted by Crippen LogP contribution is 2.27. The Kier molecular flexibility index (Phi) is 4.58. The van der Waals surface area contributed by atoms with Crippen molar-refractivity contribution in [3.8, 4) is 5.82 Å². The SMILES string of the molecule is Cc1ccc(C(C)(C)C)cc1S(=O)(=O)Nc1ccc(-n2cccn2)nc1. The van der Waals surface area contributed by atoms with Crippen molar-refractivity contribution in [2.75, 3.05) is 4.72 Å². The van der Waals surface area contributed by atoms with Crippen LogP contribution in [-0.4, -0.2) is 23.2 Å². The smallest absolute Gasteiger partial charge is 0.262 e. The zero-order valence-corrected chi connectivity index (χ0v) is 16.1. The van der Waals surface area contributed by atoms with Crippen molar-refractivity contribution < 1.29 is 8.42 Å². The van der Waals surface area contributed by atoms with E-state index in [0.29, 0.717) is 17.1 Å². The molecule has 2 aromatic heterocycles. The molecule has 0 fully saturated rings. The second kappa shape index (κ2) is 6.57. The van der Waals surface area contributed by atoms with E-state index in [0.717, 1.165) is 5.56 Å². The maximum absolute atomic E-state index is 12.9. The van der Waals surface area contributed by atoms with Gasteiger partial charge in [-0.15, -0.1) is 0 Å². The van der Waals surface area contributed by atoms with Crippen LogP contribution in [0, 0.1) is 6.92 Å². The Morgan fingerprint density at radius 1 is 1.12 bits per heavy atom. The third kappa shape index (κ3) is 3.77. The van der Waals surface area contributed by atoms with E-state index in [1.807, 2.05) is 12.1 Å². The third-order valence-corrected chi connectivity index (χ3v) is 5.61. The number of pyridine rings is 1. The second-order valence-electron chi connectivity index (χ2n) is 7.19. The molecule has 0 aliphatic carbocycles. The van der Waals surface area contributed by atoms with E-state index in [9.17, 15) is 8.42 Å². The Morgan fingerprint density at radius 2 is 1.88 bits per heavy atom. The van der Waals surface area contributed by atoms with Crippen LogP contribution in [0.3, 0.4) is 0 Å². The molecule has 1 aromatic carbocycles. The molecule has 0 saturated carbocycles. The van der Waals surface area contributed by atoms with Gasteiger partial charge in [0.25, 0.3) is 10.0 Å². The quantitative estimate of drug-likeness (QED) is 0.760. The first kappa shape index (κ1) is 18.1. The van der Waals surface area contributed by atoms with Crippen LogP contribution in [0.4, 0.5) is 5.69 Å². The maximum Gasteiger partial charge on any atom is 0.262 e. The van der Waals surface area contributed by atoms with E-state index in [2.05, 4.69) is 35.6 Å². The minimum absolute atomic E-state index is 0.134. The summed E-state index contributed by atoms with van der Waals surface area (Å²) in [5, 5.41) is 4.10. The van der Waals surface area contributed by atoms with Crippen molar-refractivity contribution in [3.63, 3.8) is 0 Å². The number of sulfonamides is 1. The summed E-state index contributed by atoms with van der Waals surface area (Å²) >= 11 is 0. The van der Waals surface area contributed by atoms with Gasteiger partial charge in [-0.3, -0.25) is 4.72 Å². The minimum Gasteiger partial charge on any atom is -0.278 e. The lowest BCUT2D eigenvalue weighted by Crippen LogP contribution is -2.17. The van der Waals surface area contributed by atoms with Crippen LogP contribution >= 0.6 is 0 Å². The van der Waals surface area contributed by atoms with E-state index in [1.165, 1.54) is 6.20 Å². The highest BCUT2D eigenvalue weighted by Gasteiger charge is 2.21. The van der Waals surface area contributed by atoms with Gasteiger partial charge >= 0.3 is 0 Å². The molecule has 0 aliphatic rings. The van der Waals surface area contributed by atoms with E-state index in [-0.39, 0.29) is 10.3 Å². The molecule has 1 N–H and O–H groups in total. The lowest BCUT2D eigenvalue weighted by molar-refractivity contribution is 0.584. The largest absolute Gasteiger partial charge is 0.278 e. The standard InChI is InChI=1S/C19H22N4O2S/c1-14-6-7-15(19(2,3)4)12-17(14)26(24,25)22-16-8-9-18(20-13-16)23-11-5-10-21-23/h5-13,22H,1-4H3. The molecule has 26 heavy (non-hydrogen) atoms. The van der Waals surface area contributed by atoms with Crippen molar-refractivity contribution in [2.24, 2.45) is 0 Å². The van der Waals surface area contributed by atoms with Crippen molar-refractivity contribution in [1.82, 2.24) is 14.8 Å². The Balaban J connectivity index is 1.90. The first-order valence-electron chi connectivity index (χ1n) is 8.27. The summed E-state index contributed by atoms with van der Waals surface area (Å²) < 4.78 is 29.9. The Bertz CT molecular complexity index is 1000. The summed E-state index contributed by atoms with van der Waals surface area (Å²) in [7, 11) is -3.71. The Labute approximate surface area is 154 Å². The topological polar surface area (TPSA) is 76.9 Å². The molecule has 3 aromatic rings. The summed E-state index contributed by atoms with van der Waals surface area (Å²) in [4.78, 5) is 4.53. The molecular formula is C19H22N4O2S. The zero-order valence-electron chi connectivity index (χ0n) is 15.3. The Hall–Kier alpha value is -2.67. The number of hydrogen-bond acceptors (Lipinski definition) is 4. The lowest BCUT2D eigenvalue weighted by atomic mass is 9.87. The Morgan fingerprint density at radius 3 is 2.46 bits per heavy atom. The number of nitrogens with one attached hydrogen (secondary N) is 1. The van der Waals surface area contributed by atoms with Gasteiger partial charge in [0, 0.05) is 12.4 Å². The highest BCUT2D eigenvalue weighted by molar-refractivity contribution is 7.92. The lowest BCUT2D eigenvalue weighted by Gasteiger charge is -2.21. The highest BCUT2D eigenvalue weighted by atomic mass is 32.2. The van der Waals surface area contributed by atoms with E-state index in [1.54, 1.807) is 48.3 Å². The van der Waals surface area contributed by atoms with Crippen molar-refractivity contribution in [1.29, 1.82) is 0 Å². The molecule has 0 amide bonds. The average molecular weight is 370 g/mol. The van der Waals surface area contributed by atoms with Gasteiger partial charge in [-0.1, -0.05) is 32.9 Å². The number of aromatic nitrogens is 3. The molecule has 0 aliphatic heterocycles. The number of nitrogens with zero attached hydrogens (tertiary/aromatic N) is 3. The molecule has 3 rings (SSSR count). The van der Waals surface area contributed by atoms with Crippen LogP contribution in [0.25, 0.3) is 5.82 Å². The molecule has 0 radical (unpaired) electrons. The van der Waals surface area contributed by atoms with E-state index in [4.69, 9.17) is 0 Å². The fourth-order valence-electron chi connectivity index (χ4n) is 2.55. The summed E-state index contributed by atoms with van der Waals surface area (Å²) in [6, 6.07) is 10.7. The normalized spacial score (nSPS) is 12.2. The van der Waals surface area contributed by atoms with Crippen LogP contribution in [0.15, 0.2) is 59.9 Å². The molecular weight excluding hydrogens is 348 g/mol. The monoisotopic (exact) mass is 370 g/mol. The van der Waals surface area contributed by atoms with Gasteiger partial charge in [0.05, 0.1) is 16.8 Å². The number of benzene rings is 1. The molecule has 0 spiro atoms. The summed E-state index contributed by atoms with van der Waals surface area (Å²) in [6.07, 6.45) is 4.91. The first-order valence-corrected chi connectivity index (χ1v) is 9.75. The van der Waals surface area contributed by atoms with Crippen molar-refractivity contribution >= 4 is 15.7 Å². The average Bonchev–Trinajstić information content (AvgIpc) is 3.09. The van der Waals surface area contributed by atoms with Crippen LogP contribution in [0.2, 0.25) is 0 Å². The molecule has 0 bridgehead atoms. The van der Waals surface area contributed by atoms with Crippen molar-refractivity contribution in [2.45, 2.75) is 38.0 Å². The second-order valence-corrected chi connectivity index (χ2v) is 8.84. The fourth-order valence-corrected chi connectivity index (χ4v) is 3.87. The van der Waals surface area contributed by atoms with Crippen LogP contribution < -0.4 is 4.72 Å². The first-order chi connectivity index (χ1) is 12.2. The number of anilines is 1.